The molecule has 1 saturated heterocycles. The first-order valence-corrected chi connectivity index (χ1v) is 9.52. The van der Waals surface area contributed by atoms with Gasteiger partial charge in [-0.25, -0.2) is 4.68 Å². The number of rotatable bonds is 5. The molecular formula is C19H27F3N6. The van der Waals surface area contributed by atoms with Crippen molar-refractivity contribution in [3.05, 3.63) is 41.2 Å². The van der Waals surface area contributed by atoms with Crippen molar-refractivity contribution in [3.63, 3.8) is 0 Å². The fraction of sp³-hybridized carbons (Fsp3) is 0.632. The molecule has 1 atom stereocenters. The number of benzene rings is 1. The SMILES string of the molecule is CCC(C)(C)n1nnnc1[C@H](c1ccc(C(F)(F)F)cc1)N1CCN(C)CC1. The Kier molecular flexibility index (Phi) is 5.77. The summed E-state index contributed by atoms with van der Waals surface area (Å²) < 4.78 is 40.8. The van der Waals surface area contributed by atoms with Crippen molar-refractivity contribution in [2.75, 3.05) is 33.2 Å². The average Bonchev–Trinajstić information content (AvgIpc) is 3.13. The zero-order valence-corrected chi connectivity index (χ0v) is 16.7. The average molecular weight is 396 g/mol. The molecule has 2 heterocycles. The zero-order valence-electron chi connectivity index (χ0n) is 16.7. The maximum atomic E-state index is 13.0. The number of alkyl halides is 3. The second-order valence-electron chi connectivity index (χ2n) is 7.98. The predicted molar refractivity (Wildman–Crippen MR) is 99.8 cm³/mol. The van der Waals surface area contributed by atoms with Crippen molar-refractivity contribution in [1.82, 2.24) is 30.0 Å². The number of tetrazole rings is 1. The Bertz CT molecular complexity index is 776. The van der Waals surface area contributed by atoms with Crippen molar-refractivity contribution < 1.29 is 13.2 Å². The Labute approximate surface area is 163 Å². The second-order valence-corrected chi connectivity index (χ2v) is 7.98. The van der Waals surface area contributed by atoms with Crippen LogP contribution in [-0.4, -0.2) is 63.2 Å². The third-order valence-corrected chi connectivity index (χ3v) is 5.63. The summed E-state index contributed by atoms with van der Waals surface area (Å²) in [6.45, 7) is 9.53. The van der Waals surface area contributed by atoms with Gasteiger partial charge in [-0.2, -0.15) is 13.2 Å². The molecule has 9 heteroatoms. The van der Waals surface area contributed by atoms with Crippen molar-refractivity contribution in [2.24, 2.45) is 0 Å². The summed E-state index contributed by atoms with van der Waals surface area (Å²) in [6, 6.07) is 5.07. The van der Waals surface area contributed by atoms with Crippen LogP contribution < -0.4 is 0 Å². The van der Waals surface area contributed by atoms with Crippen LogP contribution in [0.3, 0.4) is 0 Å². The molecule has 0 N–H and O–H groups in total. The van der Waals surface area contributed by atoms with Gasteiger partial charge in [0.25, 0.3) is 0 Å². The van der Waals surface area contributed by atoms with Gasteiger partial charge in [0.1, 0.15) is 0 Å². The Morgan fingerprint density at radius 1 is 1.04 bits per heavy atom. The van der Waals surface area contributed by atoms with E-state index in [4.69, 9.17) is 0 Å². The fourth-order valence-corrected chi connectivity index (χ4v) is 3.40. The first kappa shape index (κ1) is 20.7. The van der Waals surface area contributed by atoms with Gasteiger partial charge in [0, 0.05) is 26.2 Å². The van der Waals surface area contributed by atoms with E-state index in [2.05, 4.69) is 53.1 Å². The molecule has 0 amide bonds. The van der Waals surface area contributed by atoms with E-state index >= 15 is 0 Å². The van der Waals surface area contributed by atoms with Gasteiger partial charge in [0.15, 0.2) is 5.82 Å². The third kappa shape index (κ3) is 4.20. The summed E-state index contributed by atoms with van der Waals surface area (Å²) in [5.41, 5.74) is -0.183. The van der Waals surface area contributed by atoms with Crippen LogP contribution in [-0.2, 0) is 11.7 Å². The molecule has 1 aliphatic heterocycles. The number of nitrogens with zero attached hydrogens (tertiary/aromatic N) is 6. The highest BCUT2D eigenvalue weighted by molar-refractivity contribution is 5.30. The summed E-state index contributed by atoms with van der Waals surface area (Å²) in [6.07, 6.45) is -3.53. The van der Waals surface area contributed by atoms with E-state index < -0.39 is 11.7 Å². The van der Waals surface area contributed by atoms with E-state index in [0.717, 1.165) is 50.3 Å². The van der Waals surface area contributed by atoms with Gasteiger partial charge >= 0.3 is 6.18 Å². The quantitative estimate of drug-likeness (QED) is 0.777. The predicted octanol–water partition coefficient (Wildman–Crippen LogP) is 3.17. The summed E-state index contributed by atoms with van der Waals surface area (Å²) in [5.74, 6) is 0.663. The highest BCUT2D eigenvalue weighted by Gasteiger charge is 2.35. The third-order valence-electron chi connectivity index (χ3n) is 5.63. The molecule has 1 aliphatic rings. The maximum Gasteiger partial charge on any atom is 0.416 e. The molecule has 1 fully saturated rings. The van der Waals surface area contributed by atoms with Crippen molar-refractivity contribution >= 4 is 0 Å². The number of halogens is 3. The number of piperazine rings is 1. The Morgan fingerprint density at radius 3 is 2.18 bits per heavy atom. The lowest BCUT2D eigenvalue weighted by molar-refractivity contribution is -0.137. The molecule has 6 nitrogen and oxygen atoms in total. The Balaban J connectivity index is 2.03. The molecule has 0 bridgehead atoms. The molecule has 154 valence electrons. The van der Waals surface area contributed by atoms with E-state index in [0.29, 0.717) is 5.82 Å². The zero-order chi connectivity index (χ0) is 20.5. The van der Waals surface area contributed by atoms with Crippen molar-refractivity contribution in [1.29, 1.82) is 0 Å². The molecule has 0 unspecified atom stereocenters. The largest absolute Gasteiger partial charge is 0.416 e. The van der Waals surface area contributed by atoms with Gasteiger partial charge < -0.3 is 4.90 Å². The topological polar surface area (TPSA) is 50.1 Å². The summed E-state index contributed by atoms with van der Waals surface area (Å²) in [7, 11) is 2.06. The van der Waals surface area contributed by atoms with Crippen LogP contribution in [0, 0.1) is 0 Å². The first-order chi connectivity index (χ1) is 13.1. The number of aromatic nitrogens is 4. The van der Waals surface area contributed by atoms with E-state index in [1.54, 1.807) is 12.1 Å². The molecule has 0 radical (unpaired) electrons. The van der Waals surface area contributed by atoms with Gasteiger partial charge in [0.05, 0.1) is 17.1 Å². The van der Waals surface area contributed by atoms with E-state index in [1.165, 1.54) is 0 Å². The smallest absolute Gasteiger partial charge is 0.304 e. The van der Waals surface area contributed by atoms with E-state index in [-0.39, 0.29) is 11.6 Å². The minimum atomic E-state index is -4.35. The standard InChI is InChI=1S/C19H27F3N6/c1-5-18(2,3)28-17(23-24-25-28)16(27-12-10-26(4)11-13-27)14-6-8-15(9-7-14)19(20,21)22/h6-9,16H,5,10-13H2,1-4H3/t16-/m0/s1. The van der Waals surface area contributed by atoms with Crippen LogP contribution in [0.5, 0.6) is 0 Å². The maximum absolute atomic E-state index is 13.0. The summed E-state index contributed by atoms with van der Waals surface area (Å²) in [5, 5.41) is 12.4. The molecule has 0 saturated carbocycles. The van der Waals surface area contributed by atoms with Gasteiger partial charge in [0.2, 0.25) is 0 Å². The first-order valence-electron chi connectivity index (χ1n) is 9.52. The second kappa shape index (κ2) is 7.79. The number of likely N-dealkylation sites (N-methyl/N-ethyl adjacent to an activating group) is 1. The summed E-state index contributed by atoms with van der Waals surface area (Å²) >= 11 is 0. The van der Waals surface area contributed by atoms with Gasteiger partial charge in [-0.3, -0.25) is 4.90 Å². The van der Waals surface area contributed by atoms with E-state index in [1.807, 2.05) is 4.68 Å². The van der Waals surface area contributed by atoms with Crippen LogP contribution in [0.25, 0.3) is 0 Å². The number of hydrogen-bond acceptors (Lipinski definition) is 5. The Hall–Kier alpha value is -2.00. The van der Waals surface area contributed by atoms with Crippen LogP contribution in [0.2, 0.25) is 0 Å². The minimum absolute atomic E-state index is 0.295. The summed E-state index contributed by atoms with van der Waals surface area (Å²) in [4.78, 5) is 4.48. The molecule has 1 aromatic carbocycles. The molecule has 0 aliphatic carbocycles. The molecule has 0 spiro atoms. The van der Waals surface area contributed by atoms with Crippen LogP contribution >= 0.6 is 0 Å². The highest BCUT2D eigenvalue weighted by atomic mass is 19.4. The molecule has 1 aromatic heterocycles. The van der Waals surface area contributed by atoms with E-state index in [9.17, 15) is 13.2 Å². The van der Waals surface area contributed by atoms with Crippen LogP contribution in [0.15, 0.2) is 24.3 Å². The lowest BCUT2D eigenvalue weighted by atomic mass is 9.98. The lowest BCUT2D eigenvalue weighted by Gasteiger charge is -2.38. The molecule has 3 rings (SSSR count). The van der Waals surface area contributed by atoms with Gasteiger partial charge in [-0.1, -0.05) is 19.1 Å². The normalized spacial score (nSPS) is 18.4. The molecule has 2 aromatic rings. The van der Waals surface area contributed by atoms with Gasteiger partial charge in [-0.05, 0) is 55.4 Å². The molecular weight excluding hydrogens is 369 g/mol. The van der Waals surface area contributed by atoms with Crippen molar-refractivity contribution in [3.8, 4) is 0 Å². The fourth-order valence-electron chi connectivity index (χ4n) is 3.40. The highest BCUT2D eigenvalue weighted by Crippen LogP contribution is 2.34. The van der Waals surface area contributed by atoms with Crippen molar-refractivity contribution in [2.45, 2.75) is 44.9 Å². The number of hydrogen-bond donors (Lipinski definition) is 0. The van der Waals surface area contributed by atoms with Gasteiger partial charge in [-0.15, -0.1) is 5.10 Å². The molecule has 28 heavy (non-hydrogen) atoms. The van der Waals surface area contributed by atoms with Crippen LogP contribution in [0.4, 0.5) is 13.2 Å². The minimum Gasteiger partial charge on any atom is -0.304 e. The van der Waals surface area contributed by atoms with Crippen LogP contribution in [0.1, 0.15) is 50.2 Å². The Morgan fingerprint density at radius 2 is 1.64 bits per heavy atom. The monoisotopic (exact) mass is 396 g/mol. The lowest BCUT2D eigenvalue weighted by Crippen LogP contribution is -2.47.